The molecule has 5 heteroatoms. The van der Waals surface area contributed by atoms with E-state index in [0.29, 0.717) is 3.74 Å². The van der Waals surface area contributed by atoms with Crippen LogP contribution in [-0.2, 0) is 4.43 Å². The van der Waals surface area contributed by atoms with Crippen molar-refractivity contribution in [1.82, 2.24) is 0 Å². The Hall–Kier alpha value is 1.35. The maximum absolute atomic E-state index is 7.16. The van der Waals surface area contributed by atoms with Crippen molar-refractivity contribution in [3.8, 4) is 0 Å². The molecule has 0 radical (unpaired) electrons. The Morgan fingerprint density at radius 2 is 1.55 bits per heavy atom. The van der Waals surface area contributed by atoms with Crippen LogP contribution >= 0.6 is 31.9 Å². The van der Waals surface area contributed by atoms with Gasteiger partial charge in [-0.15, -0.1) is 0 Å². The fourth-order valence-electron chi connectivity index (χ4n) is 4.48. The van der Waals surface area contributed by atoms with Crippen molar-refractivity contribution in [2.24, 2.45) is 0 Å². The highest BCUT2D eigenvalue weighted by atomic mass is 79.9. The SMILES string of the molecule is CCC1(CC(Br)Br)CC[Si](CC)(CC)[Si](CC)(CC)O1. The Balaban J connectivity index is 3.15. The van der Waals surface area contributed by atoms with Crippen molar-refractivity contribution in [3.05, 3.63) is 0 Å². The lowest BCUT2D eigenvalue weighted by Crippen LogP contribution is -2.70. The first kappa shape index (κ1) is 19.4. The normalized spacial score (nSPS) is 28.8. The van der Waals surface area contributed by atoms with Gasteiger partial charge in [-0.1, -0.05) is 84.6 Å². The summed E-state index contributed by atoms with van der Waals surface area (Å²) in [6, 6.07) is 7.03. The van der Waals surface area contributed by atoms with E-state index in [-0.39, 0.29) is 5.60 Å². The van der Waals surface area contributed by atoms with E-state index in [1.807, 2.05) is 0 Å². The first-order valence-electron chi connectivity index (χ1n) is 8.37. The summed E-state index contributed by atoms with van der Waals surface area (Å²) < 4.78 is 7.54. The van der Waals surface area contributed by atoms with Gasteiger partial charge in [-0.3, -0.25) is 0 Å². The summed E-state index contributed by atoms with van der Waals surface area (Å²) in [5.74, 6) is 0. The average Bonchev–Trinajstić information content (AvgIpc) is 2.46. The van der Waals surface area contributed by atoms with Gasteiger partial charge in [0.15, 0.2) is 7.83 Å². The van der Waals surface area contributed by atoms with Gasteiger partial charge in [-0.25, -0.2) is 0 Å². The predicted octanol–water partition coefficient (Wildman–Crippen LogP) is 6.61. The predicted molar refractivity (Wildman–Crippen MR) is 103 cm³/mol. The smallest absolute Gasteiger partial charge is 0.180 e. The number of halogens is 2. The van der Waals surface area contributed by atoms with Gasteiger partial charge in [0.05, 0.1) is 16.9 Å². The van der Waals surface area contributed by atoms with Crippen LogP contribution in [-0.4, -0.2) is 24.8 Å². The molecular formula is C15H32Br2OSi2. The second-order valence-electron chi connectivity index (χ2n) is 6.42. The molecule has 0 aliphatic carbocycles. The second kappa shape index (κ2) is 7.76. The highest BCUT2D eigenvalue weighted by Gasteiger charge is 2.58. The maximum atomic E-state index is 7.16. The Morgan fingerprint density at radius 1 is 1.00 bits per heavy atom. The largest absolute Gasteiger partial charge is 0.414 e. The second-order valence-corrected chi connectivity index (χ2v) is 23.9. The van der Waals surface area contributed by atoms with Crippen LogP contribution in [0, 0.1) is 0 Å². The molecule has 1 heterocycles. The van der Waals surface area contributed by atoms with Crippen molar-refractivity contribution >= 4 is 47.3 Å². The molecule has 20 heavy (non-hydrogen) atoms. The fourth-order valence-corrected chi connectivity index (χ4v) is 24.6. The zero-order chi connectivity index (χ0) is 15.4. The van der Waals surface area contributed by atoms with Crippen molar-refractivity contribution in [2.75, 3.05) is 0 Å². The zero-order valence-electron chi connectivity index (χ0n) is 13.9. The monoisotopic (exact) mass is 442 g/mol. The maximum Gasteiger partial charge on any atom is 0.180 e. The summed E-state index contributed by atoms with van der Waals surface area (Å²) in [5, 5.41) is 0. The van der Waals surface area contributed by atoms with E-state index in [2.05, 4.69) is 66.5 Å². The third-order valence-electron chi connectivity index (χ3n) is 6.10. The summed E-state index contributed by atoms with van der Waals surface area (Å²) in [4.78, 5) is 0. The van der Waals surface area contributed by atoms with E-state index in [1.54, 1.807) is 0 Å². The lowest BCUT2D eigenvalue weighted by Gasteiger charge is -2.57. The van der Waals surface area contributed by atoms with E-state index in [0.717, 1.165) is 12.8 Å². The number of hydrogen-bond donors (Lipinski definition) is 0. The van der Waals surface area contributed by atoms with E-state index < -0.39 is 15.4 Å². The fraction of sp³-hybridized carbons (Fsp3) is 1.00. The van der Waals surface area contributed by atoms with Crippen LogP contribution in [0.3, 0.4) is 0 Å². The van der Waals surface area contributed by atoms with Crippen molar-refractivity contribution in [3.63, 3.8) is 0 Å². The van der Waals surface area contributed by atoms with Crippen LogP contribution in [0.15, 0.2) is 0 Å². The molecule has 0 bridgehead atoms. The molecule has 0 aromatic rings. The average molecular weight is 444 g/mol. The molecular weight excluding hydrogens is 412 g/mol. The molecule has 1 atom stereocenters. The van der Waals surface area contributed by atoms with Gasteiger partial charge < -0.3 is 4.43 Å². The van der Waals surface area contributed by atoms with Gasteiger partial charge in [-0.2, -0.15) is 0 Å². The Labute approximate surface area is 144 Å². The topological polar surface area (TPSA) is 9.23 Å². The van der Waals surface area contributed by atoms with Crippen molar-refractivity contribution < 1.29 is 4.43 Å². The molecule has 1 rings (SSSR count). The van der Waals surface area contributed by atoms with Gasteiger partial charge in [0.1, 0.15) is 0 Å². The Bertz CT molecular complexity index is 304. The Morgan fingerprint density at radius 3 is 1.90 bits per heavy atom. The molecule has 1 aliphatic heterocycles. The molecule has 1 unspecified atom stereocenters. The van der Waals surface area contributed by atoms with Crippen LogP contribution in [0.5, 0.6) is 0 Å². The van der Waals surface area contributed by atoms with Crippen LogP contribution in [0.1, 0.15) is 53.9 Å². The summed E-state index contributed by atoms with van der Waals surface area (Å²) in [5.41, 5.74) is 0.136. The molecule has 0 saturated carbocycles. The summed E-state index contributed by atoms with van der Waals surface area (Å²) in [6.45, 7) is 12.0. The summed E-state index contributed by atoms with van der Waals surface area (Å²) >= 11 is 7.39. The third kappa shape index (κ3) is 3.47. The molecule has 1 saturated heterocycles. The highest BCUT2D eigenvalue weighted by molar-refractivity contribution is 9.24. The van der Waals surface area contributed by atoms with Gasteiger partial charge in [0.2, 0.25) is 0 Å². The molecule has 0 N–H and O–H groups in total. The summed E-state index contributed by atoms with van der Waals surface area (Å²) in [6.07, 6.45) is 3.56. The molecule has 1 nitrogen and oxygen atoms in total. The minimum absolute atomic E-state index is 0.136. The van der Waals surface area contributed by atoms with Crippen molar-refractivity contribution in [1.29, 1.82) is 0 Å². The molecule has 1 fully saturated rings. The van der Waals surface area contributed by atoms with Gasteiger partial charge >= 0.3 is 0 Å². The minimum Gasteiger partial charge on any atom is -0.414 e. The van der Waals surface area contributed by atoms with Crippen LogP contribution in [0.4, 0.5) is 0 Å². The van der Waals surface area contributed by atoms with Crippen molar-refractivity contribution in [2.45, 2.75) is 93.4 Å². The first-order valence-corrected chi connectivity index (χ1v) is 16.1. The van der Waals surface area contributed by atoms with E-state index in [4.69, 9.17) is 4.43 Å². The van der Waals surface area contributed by atoms with E-state index in [1.165, 1.54) is 36.6 Å². The molecule has 120 valence electrons. The van der Waals surface area contributed by atoms with Crippen LogP contribution in [0.2, 0.25) is 30.2 Å². The summed E-state index contributed by atoms with van der Waals surface area (Å²) in [7, 11) is -2.72. The quantitative estimate of drug-likeness (QED) is 0.317. The van der Waals surface area contributed by atoms with Gasteiger partial charge in [0.25, 0.3) is 0 Å². The highest BCUT2D eigenvalue weighted by Crippen LogP contribution is 2.49. The minimum atomic E-state index is -1.54. The third-order valence-corrected chi connectivity index (χ3v) is 26.8. The first-order chi connectivity index (χ1) is 9.38. The lowest BCUT2D eigenvalue weighted by atomic mass is 9.94. The molecule has 1 aliphatic rings. The van der Waals surface area contributed by atoms with E-state index >= 15 is 0 Å². The number of alkyl halides is 2. The van der Waals surface area contributed by atoms with Crippen LogP contribution < -0.4 is 0 Å². The lowest BCUT2D eigenvalue weighted by molar-refractivity contribution is 0.0417. The number of rotatable bonds is 7. The standard InChI is InChI=1S/C15H32Br2OSi2/c1-6-15(13-14(16)17)11-12-19(7-2,8-3)20(9-4,10-5)18-15/h14H,6-13H2,1-5H3. The molecule has 0 spiro atoms. The van der Waals surface area contributed by atoms with Crippen LogP contribution in [0.25, 0.3) is 0 Å². The zero-order valence-corrected chi connectivity index (χ0v) is 19.1. The molecule has 0 aromatic carbocycles. The van der Waals surface area contributed by atoms with Gasteiger partial charge in [0, 0.05) is 0 Å². The van der Waals surface area contributed by atoms with E-state index in [9.17, 15) is 0 Å². The molecule has 0 aromatic heterocycles. The number of hydrogen-bond acceptors (Lipinski definition) is 1. The Kier molecular flexibility index (Phi) is 7.52. The van der Waals surface area contributed by atoms with Gasteiger partial charge in [-0.05, 0) is 31.4 Å². The molecule has 0 amide bonds.